The van der Waals surface area contributed by atoms with E-state index in [9.17, 15) is 0 Å². The van der Waals surface area contributed by atoms with Gasteiger partial charge in [-0.05, 0) is 51.2 Å². The quantitative estimate of drug-likeness (QED) is 0.791. The molecule has 2 N–H and O–H groups in total. The second kappa shape index (κ2) is 6.20. The lowest BCUT2D eigenvalue weighted by molar-refractivity contribution is 0.0696. The molecule has 1 aliphatic rings. The molecule has 3 rings (SSSR count). The number of hydrogen-bond acceptors (Lipinski definition) is 2. The highest BCUT2D eigenvalue weighted by atomic mass is 32.1. The Morgan fingerprint density at radius 2 is 1.91 bits per heavy atom. The van der Waals surface area contributed by atoms with E-state index in [1.807, 2.05) is 36.4 Å². The Balaban J connectivity index is 1.79. The van der Waals surface area contributed by atoms with Gasteiger partial charge in [0, 0.05) is 17.7 Å². The van der Waals surface area contributed by atoms with Crippen molar-refractivity contribution in [2.24, 2.45) is 0 Å². The maximum atomic E-state index is 6.10. The molecule has 0 fully saturated rings. The highest BCUT2D eigenvalue weighted by Crippen LogP contribution is 2.39. The Morgan fingerprint density at radius 1 is 1.17 bits per heavy atom. The predicted octanol–water partition coefficient (Wildman–Crippen LogP) is 4.58. The highest BCUT2D eigenvalue weighted by Gasteiger charge is 2.34. The first-order valence-electron chi connectivity index (χ1n) is 7.85. The Labute approximate surface area is 143 Å². The van der Waals surface area contributed by atoms with Crippen molar-refractivity contribution in [3.63, 3.8) is 0 Å². The number of ether oxygens (including phenoxy) is 1. The number of fused-ring (bicyclic) bond motifs is 1. The number of benzene rings is 2. The number of hydrogen-bond donors (Lipinski definition) is 2. The summed E-state index contributed by atoms with van der Waals surface area (Å²) in [5.41, 5.74) is 3.16. The summed E-state index contributed by atoms with van der Waals surface area (Å²) in [4.78, 5) is 0. The molecule has 0 spiro atoms. The highest BCUT2D eigenvalue weighted by molar-refractivity contribution is 7.80. The van der Waals surface area contributed by atoms with Crippen LogP contribution in [0.2, 0.25) is 0 Å². The molecular weight excluding hydrogens is 304 g/mol. The van der Waals surface area contributed by atoms with E-state index < -0.39 is 0 Å². The fraction of sp³-hybridized carbons (Fsp3) is 0.316. The van der Waals surface area contributed by atoms with Crippen LogP contribution < -0.4 is 15.4 Å². The van der Waals surface area contributed by atoms with Crippen LogP contribution in [0.4, 0.5) is 5.69 Å². The van der Waals surface area contributed by atoms with Crippen molar-refractivity contribution in [2.75, 3.05) is 5.32 Å². The van der Waals surface area contributed by atoms with Crippen molar-refractivity contribution in [3.8, 4) is 5.75 Å². The van der Waals surface area contributed by atoms with E-state index in [0.29, 0.717) is 5.11 Å². The maximum Gasteiger partial charge on any atom is 0.171 e. The van der Waals surface area contributed by atoms with E-state index in [4.69, 9.17) is 17.0 Å². The first kappa shape index (κ1) is 15.8. The topological polar surface area (TPSA) is 33.3 Å². The van der Waals surface area contributed by atoms with Gasteiger partial charge in [-0.15, -0.1) is 0 Å². The monoisotopic (exact) mass is 326 g/mol. The van der Waals surface area contributed by atoms with Gasteiger partial charge in [0.1, 0.15) is 11.4 Å². The molecule has 0 aromatic heterocycles. The van der Waals surface area contributed by atoms with Crippen LogP contribution in [0.5, 0.6) is 5.75 Å². The summed E-state index contributed by atoms with van der Waals surface area (Å²) in [5.74, 6) is 0.937. The molecule has 1 aliphatic heterocycles. The summed E-state index contributed by atoms with van der Waals surface area (Å²) >= 11 is 5.49. The van der Waals surface area contributed by atoms with E-state index in [1.165, 1.54) is 11.1 Å². The largest absolute Gasteiger partial charge is 0.487 e. The van der Waals surface area contributed by atoms with Crippen molar-refractivity contribution in [1.82, 2.24) is 5.32 Å². The van der Waals surface area contributed by atoms with E-state index in [2.05, 4.69) is 43.5 Å². The summed E-state index contributed by atoms with van der Waals surface area (Å²) < 4.78 is 6.10. The molecule has 0 saturated carbocycles. The zero-order chi connectivity index (χ0) is 16.4. The van der Waals surface area contributed by atoms with Crippen LogP contribution in [0.3, 0.4) is 0 Å². The molecule has 0 radical (unpaired) electrons. The van der Waals surface area contributed by atoms with Gasteiger partial charge in [-0.2, -0.15) is 0 Å². The molecule has 0 amide bonds. The SMILES string of the molecule is Cc1ccc2c(c1)[C@@H](NC(=S)Nc1ccccc1)CC(C)(C)O2. The minimum absolute atomic E-state index is 0.136. The summed E-state index contributed by atoms with van der Waals surface area (Å²) in [6.07, 6.45) is 0.861. The third kappa shape index (κ3) is 3.82. The van der Waals surface area contributed by atoms with Gasteiger partial charge in [0.15, 0.2) is 5.11 Å². The lowest BCUT2D eigenvalue weighted by atomic mass is 9.89. The molecule has 0 unspecified atom stereocenters. The van der Waals surface area contributed by atoms with Crippen molar-refractivity contribution >= 4 is 23.0 Å². The number of para-hydroxylation sites is 1. The van der Waals surface area contributed by atoms with Crippen molar-refractivity contribution in [1.29, 1.82) is 0 Å². The molecule has 1 atom stereocenters. The molecule has 1 heterocycles. The zero-order valence-electron chi connectivity index (χ0n) is 13.7. The average molecular weight is 326 g/mol. The molecule has 4 heteroatoms. The van der Waals surface area contributed by atoms with Crippen LogP contribution in [0, 0.1) is 6.92 Å². The summed E-state index contributed by atoms with van der Waals surface area (Å²) in [6, 6.07) is 16.4. The minimum atomic E-state index is -0.220. The standard InChI is InChI=1S/C19H22N2OS/c1-13-9-10-17-15(11-13)16(12-19(2,3)22-17)21-18(23)20-14-7-5-4-6-8-14/h4-11,16H,12H2,1-3H3,(H2,20,21,23)/t16-/m0/s1. The van der Waals surface area contributed by atoms with Crippen molar-refractivity contribution in [3.05, 3.63) is 59.7 Å². The molecule has 120 valence electrons. The normalized spacial score (nSPS) is 18.5. The van der Waals surface area contributed by atoms with Gasteiger partial charge < -0.3 is 15.4 Å². The third-order valence-corrected chi connectivity index (χ3v) is 4.18. The molecule has 23 heavy (non-hydrogen) atoms. The van der Waals surface area contributed by atoms with Crippen LogP contribution >= 0.6 is 12.2 Å². The predicted molar refractivity (Wildman–Crippen MR) is 99.0 cm³/mol. The number of nitrogens with one attached hydrogen (secondary N) is 2. The lowest BCUT2D eigenvalue weighted by Crippen LogP contribution is -2.42. The zero-order valence-corrected chi connectivity index (χ0v) is 14.5. The van der Waals surface area contributed by atoms with Crippen LogP contribution in [0.25, 0.3) is 0 Å². The summed E-state index contributed by atoms with van der Waals surface area (Å²) in [6.45, 7) is 6.31. The summed E-state index contributed by atoms with van der Waals surface area (Å²) in [7, 11) is 0. The Hall–Kier alpha value is -2.07. The van der Waals surface area contributed by atoms with Gasteiger partial charge in [0.25, 0.3) is 0 Å². The Kier molecular flexibility index (Phi) is 4.26. The number of rotatable bonds is 2. The molecular formula is C19H22N2OS. The maximum absolute atomic E-state index is 6.10. The van der Waals surface area contributed by atoms with Crippen LogP contribution in [0.15, 0.2) is 48.5 Å². The Bertz CT molecular complexity index is 713. The van der Waals surface area contributed by atoms with Gasteiger partial charge >= 0.3 is 0 Å². The van der Waals surface area contributed by atoms with Gasteiger partial charge in [0.2, 0.25) is 0 Å². The average Bonchev–Trinajstić information content (AvgIpc) is 2.48. The van der Waals surface area contributed by atoms with Crippen LogP contribution in [-0.2, 0) is 0 Å². The molecule has 0 bridgehead atoms. The van der Waals surface area contributed by atoms with E-state index in [1.54, 1.807) is 0 Å². The number of thiocarbonyl (C=S) groups is 1. The van der Waals surface area contributed by atoms with Crippen molar-refractivity contribution in [2.45, 2.75) is 38.8 Å². The Morgan fingerprint density at radius 3 is 2.65 bits per heavy atom. The minimum Gasteiger partial charge on any atom is -0.487 e. The second-order valence-corrected chi connectivity index (χ2v) is 7.03. The van der Waals surface area contributed by atoms with Gasteiger partial charge in [-0.25, -0.2) is 0 Å². The number of anilines is 1. The second-order valence-electron chi connectivity index (χ2n) is 6.62. The molecule has 3 nitrogen and oxygen atoms in total. The number of aryl methyl sites for hydroxylation is 1. The fourth-order valence-electron chi connectivity index (χ4n) is 2.95. The first-order chi connectivity index (χ1) is 10.9. The van der Waals surface area contributed by atoms with Gasteiger partial charge in [0.05, 0.1) is 6.04 Å². The third-order valence-electron chi connectivity index (χ3n) is 3.96. The van der Waals surface area contributed by atoms with E-state index >= 15 is 0 Å². The first-order valence-corrected chi connectivity index (χ1v) is 8.26. The molecule has 2 aromatic carbocycles. The molecule has 2 aromatic rings. The van der Waals surface area contributed by atoms with Crippen LogP contribution in [-0.4, -0.2) is 10.7 Å². The summed E-state index contributed by atoms with van der Waals surface area (Å²) in [5, 5.41) is 7.32. The van der Waals surface area contributed by atoms with Gasteiger partial charge in [-0.1, -0.05) is 35.9 Å². The van der Waals surface area contributed by atoms with Gasteiger partial charge in [-0.3, -0.25) is 0 Å². The van der Waals surface area contributed by atoms with Crippen molar-refractivity contribution < 1.29 is 4.74 Å². The van der Waals surface area contributed by atoms with Crippen LogP contribution in [0.1, 0.15) is 37.4 Å². The van der Waals surface area contributed by atoms with E-state index in [0.717, 1.165) is 17.9 Å². The fourth-order valence-corrected chi connectivity index (χ4v) is 3.21. The molecule has 0 saturated heterocycles. The molecule has 0 aliphatic carbocycles. The van der Waals surface area contributed by atoms with E-state index in [-0.39, 0.29) is 11.6 Å². The smallest absolute Gasteiger partial charge is 0.171 e. The lowest BCUT2D eigenvalue weighted by Gasteiger charge is -2.38.